The maximum atomic E-state index is 12.2. The molecular weight excluding hydrogens is 284 g/mol. The molecule has 2 aromatic carbocycles. The molecule has 1 unspecified atom stereocenters. The van der Waals surface area contributed by atoms with Crippen molar-refractivity contribution in [3.05, 3.63) is 70.7 Å². The number of rotatable bonds is 5. The first kappa shape index (κ1) is 15.5. The number of amides is 1. The highest BCUT2D eigenvalue weighted by Gasteiger charge is 2.16. The van der Waals surface area contributed by atoms with Gasteiger partial charge >= 0.3 is 0 Å². The highest BCUT2D eigenvalue weighted by molar-refractivity contribution is 6.31. The van der Waals surface area contributed by atoms with Gasteiger partial charge in [-0.25, -0.2) is 0 Å². The van der Waals surface area contributed by atoms with Crippen LogP contribution in [0, 0.1) is 0 Å². The number of nitrogens with two attached hydrogens (primary N) is 1. The summed E-state index contributed by atoms with van der Waals surface area (Å²) in [5.74, 6) is 0.00581. The lowest BCUT2D eigenvalue weighted by atomic mass is 10.0. The largest absolute Gasteiger partial charge is 0.341 e. The third-order valence-corrected chi connectivity index (χ3v) is 3.78. The van der Waals surface area contributed by atoms with Crippen LogP contribution in [-0.2, 0) is 11.3 Å². The van der Waals surface area contributed by atoms with E-state index in [4.69, 9.17) is 17.3 Å². The summed E-state index contributed by atoms with van der Waals surface area (Å²) in [4.78, 5) is 13.9. The zero-order valence-corrected chi connectivity index (χ0v) is 12.8. The van der Waals surface area contributed by atoms with Crippen LogP contribution in [0.5, 0.6) is 0 Å². The monoisotopic (exact) mass is 302 g/mol. The topological polar surface area (TPSA) is 46.3 Å². The Morgan fingerprint density at radius 1 is 1.14 bits per heavy atom. The quantitative estimate of drug-likeness (QED) is 0.920. The van der Waals surface area contributed by atoms with Gasteiger partial charge in [0, 0.05) is 31.1 Å². The van der Waals surface area contributed by atoms with Crippen LogP contribution in [0.25, 0.3) is 0 Å². The van der Waals surface area contributed by atoms with E-state index in [9.17, 15) is 4.79 Å². The first-order valence-corrected chi connectivity index (χ1v) is 7.23. The van der Waals surface area contributed by atoms with Gasteiger partial charge < -0.3 is 10.6 Å². The fraction of sp³-hybridized carbons (Fsp3) is 0.235. The molecule has 21 heavy (non-hydrogen) atoms. The van der Waals surface area contributed by atoms with Crippen LogP contribution in [0.3, 0.4) is 0 Å². The molecule has 0 aromatic heterocycles. The molecule has 110 valence electrons. The number of hydrogen-bond acceptors (Lipinski definition) is 2. The summed E-state index contributed by atoms with van der Waals surface area (Å²) in [6.07, 6.45) is 0.283. The van der Waals surface area contributed by atoms with Crippen LogP contribution in [0.2, 0.25) is 5.02 Å². The first-order valence-electron chi connectivity index (χ1n) is 6.86. The molecule has 2 aromatic rings. The lowest BCUT2D eigenvalue weighted by Crippen LogP contribution is -2.29. The molecule has 0 aliphatic carbocycles. The maximum Gasteiger partial charge on any atom is 0.224 e. The van der Waals surface area contributed by atoms with Crippen LogP contribution in [0.4, 0.5) is 0 Å². The van der Waals surface area contributed by atoms with E-state index in [0.29, 0.717) is 11.6 Å². The van der Waals surface area contributed by atoms with Crippen LogP contribution in [0.1, 0.15) is 23.6 Å². The smallest absolute Gasteiger partial charge is 0.224 e. The highest BCUT2D eigenvalue weighted by atomic mass is 35.5. The third-order valence-electron chi connectivity index (χ3n) is 3.41. The van der Waals surface area contributed by atoms with Gasteiger partial charge in [-0.1, -0.05) is 60.1 Å². The van der Waals surface area contributed by atoms with Gasteiger partial charge in [-0.3, -0.25) is 4.79 Å². The van der Waals surface area contributed by atoms with Crippen LogP contribution < -0.4 is 5.73 Å². The Hall–Kier alpha value is -1.84. The number of hydrogen-bond donors (Lipinski definition) is 1. The number of carbonyl (C=O) groups excluding carboxylic acids is 1. The molecule has 0 saturated heterocycles. The minimum atomic E-state index is -0.285. The van der Waals surface area contributed by atoms with Gasteiger partial charge in [-0.2, -0.15) is 0 Å². The molecule has 1 amide bonds. The van der Waals surface area contributed by atoms with Crippen molar-refractivity contribution in [3.8, 4) is 0 Å². The molecule has 0 radical (unpaired) electrons. The van der Waals surface area contributed by atoms with Gasteiger partial charge in [0.05, 0.1) is 0 Å². The molecule has 2 N–H and O–H groups in total. The molecule has 0 heterocycles. The van der Waals surface area contributed by atoms with E-state index < -0.39 is 0 Å². The molecule has 0 bridgehead atoms. The number of nitrogens with zero attached hydrogens (tertiary/aromatic N) is 1. The number of carbonyl (C=O) groups is 1. The molecule has 1 atom stereocenters. The number of benzene rings is 2. The average molecular weight is 303 g/mol. The standard InChI is InChI=1S/C17H19ClN2O/c1-20(12-14-9-5-6-10-15(14)18)17(21)11-16(19)13-7-3-2-4-8-13/h2-10,16H,11-12,19H2,1H3. The summed E-state index contributed by atoms with van der Waals surface area (Å²) in [6, 6.07) is 16.9. The van der Waals surface area contributed by atoms with Crippen molar-refractivity contribution in [2.75, 3.05) is 7.05 Å². The van der Waals surface area contributed by atoms with Gasteiger partial charge in [0.15, 0.2) is 0 Å². The van der Waals surface area contributed by atoms with E-state index in [0.717, 1.165) is 11.1 Å². The lowest BCUT2D eigenvalue weighted by Gasteiger charge is -2.20. The van der Waals surface area contributed by atoms with E-state index in [2.05, 4.69) is 0 Å². The second-order valence-corrected chi connectivity index (χ2v) is 5.47. The van der Waals surface area contributed by atoms with E-state index in [1.54, 1.807) is 11.9 Å². The summed E-state index contributed by atoms with van der Waals surface area (Å²) >= 11 is 6.11. The summed E-state index contributed by atoms with van der Waals surface area (Å²) < 4.78 is 0. The Morgan fingerprint density at radius 3 is 2.43 bits per heavy atom. The van der Waals surface area contributed by atoms with Gasteiger partial charge in [-0.15, -0.1) is 0 Å². The predicted octanol–water partition coefficient (Wildman–Crippen LogP) is 3.39. The molecule has 0 spiro atoms. The summed E-state index contributed by atoms with van der Waals surface area (Å²) in [7, 11) is 1.77. The van der Waals surface area contributed by atoms with Crippen molar-refractivity contribution < 1.29 is 4.79 Å². The average Bonchev–Trinajstić information content (AvgIpc) is 2.50. The van der Waals surface area contributed by atoms with Crippen molar-refractivity contribution in [1.29, 1.82) is 0 Å². The Labute approximate surface area is 130 Å². The van der Waals surface area contributed by atoms with Crippen molar-refractivity contribution in [1.82, 2.24) is 4.90 Å². The molecule has 0 aliphatic heterocycles. The molecule has 2 rings (SSSR count). The van der Waals surface area contributed by atoms with Gasteiger partial charge in [-0.05, 0) is 17.2 Å². The molecule has 0 aliphatic rings. The van der Waals surface area contributed by atoms with Crippen LogP contribution in [0.15, 0.2) is 54.6 Å². The van der Waals surface area contributed by atoms with Crippen molar-refractivity contribution in [2.45, 2.75) is 19.0 Å². The van der Waals surface area contributed by atoms with Gasteiger partial charge in [0.2, 0.25) is 5.91 Å². The van der Waals surface area contributed by atoms with E-state index in [1.807, 2.05) is 54.6 Å². The molecule has 4 heteroatoms. The molecule has 3 nitrogen and oxygen atoms in total. The minimum Gasteiger partial charge on any atom is -0.341 e. The normalized spacial score (nSPS) is 12.0. The molecule has 0 fully saturated rings. The minimum absolute atomic E-state index is 0.00581. The van der Waals surface area contributed by atoms with Gasteiger partial charge in [0.1, 0.15) is 0 Å². The lowest BCUT2D eigenvalue weighted by molar-refractivity contribution is -0.130. The summed E-state index contributed by atoms with van der Waals surface area (Å²) in [6.45, 7) is 0.486. The van der Waals surface area contributed by atoms with Crippen LogP contribution >= 0.6 is 11.6 Å². The molecular formula is C17H19ClN2O. The Bertz CT molecular complexity index is 601. The number of halogens is 1. The van der Waals surface area contributed by atoms with Crippen molar-refractivity contribution in [3.63, 3.8) is 0 Å². The van der Waals surface area contributed by atoms with Crippen LogP contribution in [-0.4, -0.2) is 17.9 Å². The Kier molecular flexibility index (Phi) is 5.37. The maximum absolute atomic E-state index is 12.2. The zero-order valence-electron chi connectivity index (χ0n) is 12.0. The summed E-state index contributed by atoms with van der Waals surface area (Å²) in [5.41, 5.74) is 7.99. The predicted molar refractivity (Wildman–Crippen MR) is 85.9 cm³/mol. The second-order valence-electron chi connectivity index (χ2n) is 5.06. The van der Waals surface area contributed by atoms with E-state index in [-0.39, 0.29) is 18.4 Å². The second kappa shape index (κ2) is 7.25. The Balaban J connectivity index is 1.95. The highest BCUT2D eigenvalue weighted by Crippen LogP contribution is 2.18. The summed E-state index contributed by atoms with van der Waals surface area (Å²) in [5, 5.41) is 0.671. The molecule has 0 saturated carbocycles. The van der Waals surface area contributed by atoms with Gasteiger partial charge in [0.25, 0.3) is 0 Å². The fourth-order valence-electron chi connectivity index (χ4n) is 2.13. The van der Waals surface area contributed by atoms with Crippen molar-refractivity contribution in [2.24, 2.45) is 5.73 Å². The zero-order chi connectivity index (χ0) is 15.2. The van der Waals surface area contributed by atoms with E-state index >= 15 is 0 Å². The fourth-order valence-corrected chi connectivity index (χ4v) is 2.33. The third kappa shape index (κ3) is 4.31. The SMILES string of the molecule is CN(Cc1ccccc1Cl)C(=O)CC(N)c1ccccc1. The van der Waals surface area contributed by atoms with Crippen molar-refractivity contribution >= 4 is 17.5 Å². The first-order chi connectivity index (χ1) is 10.1. The van der Waals surface area contributed by atoms with E-state index in [1.165, 1.54) is 0 Å². The Morgan fingerprint density at radius 2 is 1.76 bits per heavy atom.